The first-order valence-electron chi connectivity index (χ1n) is 8.68. The quantitative estimate of drug-likeness (QED) is 0.820. The Bertz CT molecular complexity index is 465. The minimum Gasteiger partial charge on any atom is -0.345 e. The molecule has 3 rings (SSSR count). The Morgan fingerprint density at radius 3 is 2.81 bits per heavy atom. The van der Waals surface area contributed by atoms with E-state index in [4.69, 9.17) is 4.98 Å². The Kier molecular flexibility index (Phi) is 4.85. The number of hydrogen-bond donors (Lipinski definition) is 1. The van der Waals surface area contributed by atoms with Crippen LogP contribution >= 0.6 is 11.3 Å². The number of rotatable bonds is 7. The van der Waals surface area contributed by atoms with Crippen molar-refractivity contribution in [3.8, 4) is 0 Å². The van der Waals surface area contributed by atoms with Crippen molar-refractivity contribution in [2.45, 2.75) is 71.4 Å². The zero-order chi connectivity index (χ0) is 14.8. The van der Waals surface area contributed by atoms with E-state index >= 15 is 0 Å². The summed E-state index contributed by atoms with van der Waals surface area (Å²) in [6.07, 6.45) is 7.66. The number of aromatic nitrogens is 1. The third-order valence-electron chi connectivity index (χ3n) is 4.38. The van der Waals surface area contributed by atoms with Crippen molar-refractivity contribution in [1.29, 1.82) is 0 Å². The number of nitrogens with one attached hydrogen (secondary N) is 1. The molecule has 1 N–H and O–H groups in total. The highest BCUT2D eigenvalue weighted by Crippen LogP contribution is 2.41. The molecule has 1 saturated carbocycles. The molecule has 1 aromatic heterocycles. The van der Waals surface area contributed by atoms with E-state index in [2.05, 4.69) is 31.0 Å². The highest BCUT2D eigenvalue weighted by molar-refractivity contribution is 7.15. The summed E-state index contributed by atoms with van der Waals surface area (Å²) in [4.78, 5) is 9.14. The van der Waals surface area contributed by atoms with Gasteiger partial charge in [-0.15, -0.1) is 0 Å². The maximum absolute atomic E-state index is 5.03. The van der Waals surface area contributed by atoms with Crippen LogP contribution in [-0.4, -0.2) is 24.1 Å². The van der Waals surface area contributed by atoms with E-state index in [-0.39, 0.29) is 0 Å². The first kappa shape index (κ1) is 15.3. The van der Waals surface area contributed by atoms with E-state index in [1.54, 1.807) is 0 Å². The molecule has 0 bridgehead atoms. The van der Waals surface area contributed by atoms with Crippen LogP contribution in [0.5, 0.6) is 0 Å². The van der Waals surface area contributed by atoms with Crippen molar-refractivity contribution < 1.29 is 0 Å². The van der Waals surface area contributed by atoms with E-state index in [0.717, 1.165) is 19.1 Å². The molecule has 1 aromatic rings. The summed E-state index contributed by atoms with van der Waals surface area (Å²) in [5.41, 5.74) is 1.38. The molecule has 0 amide bonds. The average Bonchev–Trinajstić information content (AvgIpc) is 3.20. The van der Waals surface area contributed by atoms with E-state index in [0.29, 0.717) is 12.0 Å². The standard InChI is InChI=1S/C17H29N3S/c1-4-10-18-14-6-5-7-15-16(14)21-17(19-15)20(11-12(2)3)13-8-9-13/h12-14,18H,4-11H2,1-3H3. The van der Waals surface area contributed by atoms with Gasteiger partial charge in [0, 0.05) is 23.5 Å². The zero-order valence-electron chi connectivity index (χ0n) is 13.7. The molecule has 0 saturated heterocycles. The summed E-state index contributed by atoms with van der Waals surface area (Å²) in [5, 5.41) is 5.01. The van der Waals surface area contributed by atoms with Gasteiger partial charge in [-0.1, -0.05) is 32.1 Å². The molecule has 0 radical (unpaired) electrons. The summed E-state index contributed by atoms with van der Waals surface area (Å²) >= 11 is 1.96. The number of nitrogens with zero attached hydrogens (tertiary/aromatic N) is 2. The van der Waals surface area contributed by atoms with Gasteiger partial charge >= 0.3 is 0 Å². The van der Waals surface area contributed by atoms with Crippen LogP contribution in [0.1, 0.15) is 69.5 Å². The fourth-order valence-corrected chi connectivity index (χ4v) is 4.51. The number of anilines is 1. The van der Waals surface area contributed by atoms with Crippen molar-refractivity contribution in [3.63, 3.8) is 0 Å². The van der Waals surface area contributed by atoms with Gasteiger partial charge in [0.15, 0.2) is 5.13 Å². The predicted octanol–water partition coefficient (Wildman–Crippen LogP) is 4.14. The van der Waals surface area contributed by atoms with Gasteiger partial charge in [0.25, 0.3) is 0 Å². The molecule has 1 heterocycles. The summed E-state index contributed by atoms with van der Waals surface area (Å²) < 4.78 is 0. The van der Waals surface area contributed by atoms with Crippen LogP contribution in [0.3, 0.4) is 0 Å². The lowest BCUT2D eigenvalue weighted by molar-refractivity contribution is 0.464. The van der Waals surface area contributed by atoms with Crippen LogP contribution in [0.25, 0.3) is 0 Å². The number of fused-ring (bicyclic) bond motifs is 1. The van der Waals surface area contributed by atoms with Crippen molar-refractivity contribution >= 4 is 16.5 Å². The minimum absolute atomic E-state index is 0.556. The Labute approximate surface area is 133 Å². The van der Waals surface area contributed by atoms with Crippen LogP contribution in [0.15, 0.2) is 0 Å². The largest absolute Gasteiger partial charge is 0.345 e. The predicted molar refractivity (Wildman–Crippen MR) is 91.3 cm³/mol. The van der Waals surface area contributed by atoms with E-state index in [9.17, 15) is 0 Å². The normalized spacial score (nSPS) is 21.6. The maximum atomic E-state index is 5.03. The van der Waals surface area contributed by atoms with Crippen LogP contribution in [0, 0.1) is 5.92 Å². The molecule has 3 nitrogen and oxygen atoms in total. The van der Waals surface area contributed by atoms with Crippen molar-refractivity contribution in [3.05, 3.63) is 10.6 Å². The Morgan fingerprint density at radius 2 is 2.14 bits per heavy atom. The second-order valence-electron chi connectivity index (χ2n) is 6.98. The van der Waals surface area contributed by atoms with Gasteiger partial charge in [-0.2, -0.15) is 0 Å². The summed E-state index contributed by atoms with van der Waals surface area (Å²) in [7, 11) is 0. The lowest BCUT2D eigenvalue weighted by Gasteiger charge is -2.23. The number of aryl methyl sites for hydroxylation is 1. The van der Waals surface area contributed by atoms with Gasteiger partial charge in [0.2, 0.25) is 0 Å². The molecule has 0 spiro atoms. The number of hydrogen-bond acceptors (Lipinski definition) is 4. The van der Waals surface area contributed by atoms with Crippen LogP contribution in [0.2, 0.25) is 0 Å². The molecule has 4 heteroatoms. The molecule has 2 aliphatic rings. The minimum atomic E-state index is 0.556. The molecule has 21 heavy (non-hydrogen) atoms. The second kappa shape index (κ2) is 6.66. The monoisotopic (exact) mass is 307 g/mol. The Hall–Kier alpha value is -0.610. The molecule has 1 unspecified atom stereocenters. The number of thiazole rings is 1. The topological polar surface area (TPSA) is 28.2 Å². The first-order valence-corrected chi connectivity index (χ1v) is 9.50. The van der Waals surface area contributed by atoms with Gasteiger partial charge in [0.1, 0.15) is 0 Å². The average molecular weight is 308 g/mol. The lowest BCUT2D eigenvalue weighted by atomic mass is 9.98. The molecule has 0 aromatic carbocycles. The van der Waals surface area contributed by atoms with E-state index < -0.39 is 0 Å². The Morgan fingerprint density at radius 1 is 1.33 bits per heavy atom. The highest BCUT2D eigenvalue weighted by Gasteiger charge is 2.33. The van der Waals surface area contributed by atoms with Gasteiger partial charge < -0.3 is 10.2 Å². The molecule has 1 fully saturated rings. The second-order valence-corrected chi connectivity index (χ2v) is 7.99. The fraction of sp³-hybridized carbons (Fsp3) is 0.824. The highest BCUT2D eigenvalue weighted by atomic mass is 32.1. The summed E-state index contributed by atoms with van der Waals surface area (Å²) in [6.45, 7) is 9.15. The van der Waals surface area contributed by atoms with Crippen molar-refractivity contribution in [1.82, 2.24) is 10.3 Å². The van der Waals surface area contributed by atoms with Crippen LogP contribution < -0.4 is 10.2 Å². The smallest absolute Gasteiger partial charge is 0.186 e. The zero-order valence-corrected chi connectivity index (χ0v) is 14.5. The van der Waals surface area contributed by atoms with Gasteiger partial charge in [0.05, 0.1) is 5.69 Å². The summed E-state index contributed by atoms with van der Waals surface area (Å²) in [5.74, 6) is 0.709. The maximum Gasteiger partial charge on any atom is 0.186 e. The molecule has 0 aliphatic heterocycles. The van der Waals surface area contributed by atoms with Crippen LogP contribution in [0.4, 0.5) is 5.13 Å². The molecular formula is C17H29N3S. The third kappa shape index (κ3) is 3.59. The lowest BCUT2D eigenvalue weighted by Crippen LogP contribution is -2.29. The van der Waals surface area contributed by atoms with E-state index in [1.807, 2.05) is 11.3 Å². The summed E-state index contributed by atoms with van der Waals surface area (Å²) in [6, 6.07) is 1.32. The first-order chi connectivity index (χ1) is 10.2. The third-order valence-corrected chi connectivity index (χ3v) is 5.62. The molecule has 2 aliphatic carbocycles. The van der Waals surface area contributed by atoms with Crippen molar-refractivity contribution in [2.75, 3.05) is 18.0 Å². The fourth-order valence-electron chi connectivity index (χ4n) is 3.21. The van der Waals surface area contributed by atoms with Crippen molar-refractivity contribution in [2.24, 2.45) is 5.92 Å². The van der Waals surface area contributed by atoms with Gasteiger partial charge in [-0.25, -0.2) is 4.98 Å². The van der Waals surface area contributed by atoms with Gasteiger partial charge in [-0.3, -0.25) is 0 Å². The Balaban J connectivity index is 1.79. The van der Waals surface area contributed by atoms with E-state index in [1.165, 1.54) is 54.2 Å². The van der Waals surface area contributed by atoms with Crippen LogP contribution in [-0.2, 0) is 6.42 Å². The van der Waals surface area contributed by atoms with Gasteiger partial charge in [-0.05, 0) is 51.0 Å². The molecular weight excluding hydrogens is 278 g/mol. The SMILES string of the molecule is CCCNC1CCCc2nc(N(CC(C)C)C3CC3)sc21. The molecule has 1 atom stereocenters. The molecule has 118 valence electrons.